The fraction of sp³-hybridized carbons (Fsp3) is 0.718. The van der Waals surface area contributed by atoms with E-state index in [0.717, 1.165) is 0 Å². The smallest absolute Gasteiger partial charge is 0.259 e. The number of carbonyl (C=O) groups excluding carboxylic acids is 4. The van der Waals surface area contributed by atoms with Gasteiger partial charge in [0.1, 0.15) is 0 Å². The zero-order valence-electron chi connectivity index (χ0n) is 32.7. The summed E-state index contributed by atoms with van der Waals surface area (Å²) >= 11 is 0. The first-order chi connectivity index (χ1) is 24.7. The summed E-state index contributed by atoms with van der Waals surface area (Å²) in [6.07, 6.45) is 8.96. The Kier molecular flexibility index (Phi) is 23.3. The van der Waals surface area contributed by atoms with Gasteiger partial charge in [0.05, 0.1) is 25.2 Å². The molecule has 13 heteroatoms. The highest BCUT2D eigenvalue weighted by Gasteiger charge is 2.38. The van der Waals surface area contributed by atoms with E-state index in [1.54, 1.807) is 18.2 Å². The summed E-state index contributed by atoms with van der Waals surface area (Å²) in [5.74, 6) is -0.786. The lowest BCUT2D eigenvalue weighted by Gasteiger charge is -2.39. The van der Waals surface area contributed by atoms with Crippen molar-refractivity contribution in [1.82, 2.24) is 25.9 Å². The molecule has 0 aliphatic heterocycles. The summed E-state index contributed by atoms with van der Waals surface area (Å²) in [6, 6.07) is 2.50. The Morgan fingerprint density at radius 3 is 1.73 bits per heavy atom. The summed E-state index contributed by atoms with van der Waals surface area (Å²) in [7, 11) is -1.39. The van der Waals surface area contributed by atoms with Gasteiger partial charge in [-0.1, -0.05) is 32.1 Å². The summed E-state index contributed by atoms with van der Waals surface area (Å²) in [4.78, 5) is 52.8. The predicted molar refractivity (Wildman–Crippen MR) is 209 cm³/mol. The Balaban J connectivity index is 3.20. The first-order valence-electron chi connectivity index (χ1n) is 18.9. The third-order valence-corrected chi connectivity index (χ3v) is 11.5. The number of nitrogens with zero attached hydrogens (tertiary/aromatic N) is 2. The summed E-state index contributed by atoms with van der Waals surface area (Å²) in [5.41, 5.74) is -0.976. The molecule has 0 saturated heterocycles. The molecule has 4 N–H and O–H groups in total. The molecule has 0 radical (unpaired) electrons. The van der Waals surface area contributed by atoms with Gasteiger partial charge in [0, 0.05) is 62.4 Å². The molecule has 4 amide bonds. The second-order valence-corrected chi connectivity index (χ2v) is 15.9. The Morgan fingerprint density at radius 2 is 1.31 bits per heavy atom. The van der Waals surface area contributed by atoms with Crippen LogP contribution in [0.25, 0.3) is 0 Å². The van der Waals surface area contributed by atoms with E-state index >= 15 is 0 Å². The molecule has 0 aromatic heterocycles. The van der Waals surface area contributed by atoms with E-state index in [2.05, 4.69) is 79.4 Å². The summed E-state index contributed by atoms with van der Waals surface area (Å²) in [5, 5.41) is 21.0. The number of amides is 4. The van der Waals surface area contributed by atoms with Crippen LogP contribution < -0.4 is 21.3 Å². The highest BCUT2D eigenvalue weighted by molar-refractivity contribution is 7.44. The van der Waals surface area contributed by atoms with Crippen molar-refractivity contribution in [3.8, 4) is 6.07 Å². The standard InChI is InChI=1S/C39H67N6O6P/c1-10-25-41-35(46)18-21-39(22-19-36(47)42-27-31(8)11-2,23-20-37(48)43-28-32(9)12-3)44-38(49)33-14-16-34(17-15-33)51-52(50-26-13-24-40)45(29(4)5)30(6)7/h10-12,29-34H,1-3,13-23,25-28H2,4-9H3,(H,41,46)(H,42,47)(H,43,48)(H,44,49). The van der Waals surface area contributed by atoms with Crippen molar-refractivity contribution in [2.75, 3.05) is 26.2 Å². The van der Waals surface area contributed by atoms with Crippen LogP contribution in [0.2, 0.25) is 0 Å². The average molecular weight is 747 g/mol. The summed E-state index contributed by atoms with van der Waals surface area (Å²) in [6.45, 7) is 25.0. The Hall–Kier alpha value is -3.10. The Labute approximate surface area is 314 Å². The van der Waals surface area contributed by atoms with E-state index in [9.17, 15) is 19.2 Å². The van der Waals surface area contributed by atoms with Crippen LogP contribution >= 0.6 is 8.53 Å². The maximum atomic E-state index is 14.1. The van der Waals surface area contributed by atoms with E-state index in [1.807, 2.05) is 13.8 Å². The molecule has 1 rings (SSSR count). The van der Waals surface area contributed by atoms with Crippen molar-refractivity contribution in [3.63, 3.8) is 0 Å². The van der Waals surface area contributed by atoms with Crippen molar-refractivity contribution in [3.05, 3.63) is 38.0 Å². The van der Waals surface area contributed by atoms with Crippen molar-refractivity contribution >= 4 is 32.2 Å². The van der Waals surface area contributed by atoms with Crippen molar-refractivity contribution in [2.24, 2.45) is 17.8 Å². The Bertz CT molecular complexity index is 1140. The highest BCUT2D eigenvalue weighted by Crippen LogP contribution is 2.49. The molecule has 52 heavy (non-hydrogen) atoms. The second kappa shape index (κ2) is 25.8. The first kappa shape index (κ1) is 46.9. The monoisotopic (exact) mass is 746 g/mol. The van der Waals surface area contributed by atoms with E-state index in [1.165, 1.54) is 0 Å². The molecule has 3 unspecified atom stereocenters. The number of carbonyl (C=O) groups is 4. The van der Waals surface area contributed by atoms with Crippen LogP contribution in [0.5, 0.6) is 0 Å². The molecule has 1 aliphatic rings. The van der Waals surface area contributed by atoms with Crippen molar-refractivity contribution in [2.45, 2.75) is 136 Å². The molecule has 1 saturated carbocycles. The van der Waals surface area contributed by atoms with Crippen LogP contribution in [-0.4, -0.2) is 78.3 Å². The van der Waals surface area contributed by atoms with Gasteiger partial charge in [-0.25, -0.2) is 4.67 Å². The molecule has 3 atom stereocenters. The van der Waals surface area contributed by atoms with Crippen LogP contribution in [0.1, 0.15) is 112 Å². The molecule has 1 fully saturated rings. The number of rotatable bonds is 27. The third kappa shape index (κ3) is 18.6. The molecule has 0 heterocycles. The van der Waals surface area contributed by atoms with E-state index in [0.29, 0.717) is 51.9 Å². The molecular weight excluding hydrogens is 679 g/mol. The lowest BCUT2D eigenvalue weighted by atomic mass is 9.81. The van der Waals surface area contributed by atoms with Crippen molar-refractivity contribution in [1.29, 1.82) is 5.26 Å². The zero-order valence-corrected chi connectivity index (χ0v) is 33.6. The minimum absolute atomic E-state index is 0.0983. The van der Waals surface area contributed by atoms with Gasteiger partial charge in [0.25, 0.3) is 8.53 Å². The van der Waals surface area contributed by atoms with E-state index in [-0.39, 0.29) is 105 Å². The SMILES string of the molecule is C=CCNC(=O)CCC(CCC(=O)NCC(C)C=C)(CCC(=O)NCC(C)C=C)NC(=O)C1CCC(OP(OCCC#N)N(C(C)C)C(C)C)CC1. The van der Waals surface area contributed by atoms with Gasteiger partial charge in [-0.05, 0) is 84.5 Å². The second-order valence-electron chi connectivity index (χ2n) is 14.5. The van der Waals surface area contributed by atoms with Gasteiger partial charge in [0.2, 0.25) is 23.6 Å². The minimum Gasteiger partial charge on any atom is -0.356 e. The fourth-order valence-corrected chi connectivity index (χ4v) is 7.77. The van der Waals surface area contributed by atoms with Gasteiger partial charge >= 0.3 is 0 Å². The minimum atomic E-state index is -1.39. The zero-order chi connectivity index (χ0) is 39.1. The van der Waals surface area contributed by atoms with E-state index < -0.39 is 14.1 Å². The van der Waals surface area contributed by atoms with Gasteiger partial charge in [-0.15, -0.1) is 19.7 Å². The average Bonchev–Trinajstić information content (AvgIpc) is 3.12. The molecule has 0 bridgehead atoms. The van der Waals surface area contributed by atoms with Crippen LogP contribution in [0.15, 0.2) is 38.0 Å². The third-order valence-electron chi connectivity index (χ3n) is 9.32. The van der Waals surface area contributed by atoms with E-state index in [4.69, 9.17) is 14.3 Å². The van der Waals surface area contributed by atoms with Gasteiger partial charge < -0.3 is 30.3 Å². The lowest BCUT2D eigenvalue weighted by Crippen LogP contribution is -2.52. The van der Waals surface area contributed by atoms with Crippen LogP contribution in [0, 0.1) is 29.1 Å². The van der Waals surface area contributed by atoms with Gasteiger partial charge in [0.15, 0.2) is 0 Å². The Morgan fingerprint density at radius 1 is 0.827 bits per heavy atom. The molecule has 294 valence electrons. The molecule has 1 aliphatic carbocycles. The molecular formula is C39H67N6O6P. The lowest BCUT2D eigenvalue weighted by molar-refractivity contribution is -0.131. The molecule has 0 spiro atoms. The van der Waals surface area contributed by atoms with Crippen LogP contribution in [0.3, 0.4) is 0 Å². The molecule has 0 aromatic rings. The topological polar surface area (TPSA) is 162 Å². The number of hydrogen-bond donors (Lipinski definition) is 4. The van der Waals surface area contributed by atoms with Gasteiger partial charge in [-0.3, -0.25) is 19.2 Å². The normalized spacial score (nSPS) is 18.7. The molecule has 0 aromatic carbocycles. The van der Waals surface area contributed by atoms with Crippen LogP contribution in [-0.2, 0) is 28.2 Å². The first-order valence-corrected chi connectivity index (χ1v) is 20.1. The quantitative estimate of drug-likeness (QED) is 0.0438. The van der Waals surface area contributed by atoms with Crippen LogP contribution in [0.4, 0.5) is 0 Å². The molecule has 12 nitrogen and oxygen atoms in total. The predicted octanol–water partition coefficient (Wildman–Crippen LogP) is 6.21. The summed E-state index contributed by atoms with van der Waals surface area (Å²) < 4.78 is 14.9. The van der Waals surface area contributed by atoms with Crippen molar-refractivity contribution < 1.29 is 28.2 Å². The number of nitriles is 1. The number of nitrogens with one attached hydrogen (secondary N) is 4. The van der Waals surface area contributed by atoms with Gasteiger partial charge in [-0.2, -0.15) is 5.26 Å². The highest BCUT2D eigenvalue weighted by atomic mass is 31.2. The fourth-order valence-electron chi connectivity index (χ4n) is 6.00. The number of hydrogen-bond acceptors (Lipinski definition) is 8. The maximum Gasteiger partial charge on any atom is 0.259 e. The maximum absolute atomic E-state index is 14.1. The largest absolute Gasteiger partial charge is 0.356 e.